The Labute approximate surface area is 221 Å². The van der Waals surface area contributed by atoms with Crippen LogP contribution in [0.1, 0.15) is 16.7 Å². The number of hydrogen-bond donors (Lipinski definition) is 2. The summed E-state index contributed by atoms with van der Waals surface area (Å²) in [6.07, 6.45) is 5.21. The molecule has 3 aromatic rings. The molecular formula is C29H29ClN4O3. The SMILES string of the molecule is C=C(c1cccc(-c2ccc(Cl)c3c2CC(CNC(=O)/C=C/c2ccc(N)nc2)O3)c1)N1CCOCC1. The van der Waals surface area contributed by atoms with Gasteiger partial charge in [-0.25, -0.2) is 4.98 Å². The number of anilines is 1. The fourth-order valence-corrected chi connectivity index (χ4v) is 4.81. The Morgan fingerprint density at radius 1 is 1.22 bits per heavy atom. The number of halogens is 1. The van der Waals surface area contributed by atoms with E-state index in [2.05, 4.69) is 40.0 Å². The molecule has 1 saturated heterocycles. The number of rotatable bonds is 7. The molecule has 190 valence electrons. The molecule has 1 atom stereocenters. The van der Waals surface area contributed by atoms with Gasteiger partial charge in [0.15, 0.2) is 0 Å². The zero-order chi connectivity index (χ0) is 25.8. The van der Waals surface area contributed by atoms with Gasteiger partial charge in [-0.05, 0) is 52.6 Å². The standard InChI is InChI=1S/C29H29ClN4O3/c1-19(34-11-13-36-14-12-34)21-3-2-4-22(15-21)24-7-8-26(30)29-25(24)16-23(37-29)18-33-28(35)10-6-20-5-9-27(31)32-17-20/h2-10,15,17,23H,1,11-14,16,18H2,(H2,31,32)(H,33,35)/b10-6+. The summed E-state index contributed by atoms with van der Waals surface area (Å²) < 4.78 is 11.6. The average Bonchev–Trinajstić information content (AvgIpc) is 3.37. The Morgan fingerprint density at radius 3 is 2.84 bits per heavy atom. The molecule has 0 bridgehead atoms. The number of amides is 1. The van der Waals surface area contributed by atoms with Crippen molar-refractivity contribution in [3.63, 3.8) is 0 Å². The molecular weight excluding hydrogens is 488 g/mol. The van der Waals surface area contributed by atoms with Crippen LogP contribution in [0.15, 0.2) is 67.4 Å². The van der Waals surface area contributed by atoms with E-state index in [4.69, 9.17) is 26.8 Å². The smallest absolute Gasteiger partial charge is 0.244 e. The average molecular weight is 517 g/mol. The topological polar surface area (TPSA) is 89.7 Å². The van der Waals surface area contributed by atoms with Crippen molar-refractivity contribution in [2.75, 3.05) is 38.6 Å². The molecule has 1 amide bonds. The van der Waals surface area contributed by atoms with Crippen molar-refractivity contribution in [2.24, 2.45) is 0 Å². The summed E-state index contributed by atoms with van der Waals surface area (Å²) in [5.74, 6) is 0.905. The first-order chi connectivity index (χ1) is 18.0. The summed E-state index contributed by atoms with van der Waals surface area (Å²) in [6, 6.07) is 15.8. The molecule has 0 radical (unpaired) electrons. The normalized spacial score (nSPS) is 16.9. The lowest BCUT2D eigenvalue weighted by Gasteiger charge is -2.30. The van der Waals surface area contributed by atoms with E-state index < -0.39 is 0 Å². The lowest BCUT2D eigenvalue weighted by molar-refractivity contribution is -0.116. The highest BCUT2D eigenvalue weighted by Gasteiger charge is 2.28. The third kappa shape index (κ3) is 5.79. The molecule has 7 nitrogen and oxygen atoms in total. The molecule has 8 heteroatoms. The fraction of sp³-hybridized carbons (Fsp3) is 0.241. The largest absolute Gasteiger partial charge is 0.486 e. The first-order valence-corrected chi connectivity index (χ1v) is 12.6. The van der Waals surface area contributed by atoms with E-state index >= 15 is 0 Å². The number of ether oxygens (including phenoxy) is 2. The molecule has 37 heavy (non-hydrogen) atoms. The maximum Gasteiger partial charge on any atom is 0.244 e. The van der Waals surface area contributed by atoms with Gasteiger partial charge in [-0.2, -0.15) is 0 Å². The molecule has 0 spiro atoms. The van der Waals surface area contributed by atoms with Gasteiger partial charge >= 0.3 is 0 Å². The van der Waals surface area contributed by atoms with Crippen LogP contribution < -0.4 is 15.8 Å². The van der Waals surface area contributed by atoms with Gasteiger partial charge in [0.25, 0.3) is 0 Å². The van der Waals surface area contributed by atoms with Crippen molar-refractivity contribution in [1.82, 2.24) is 15.2 Å². The predicted octanol–water partition coefficient (Wildman–Crippen LogP) is 4.42. The minimum Gasteiger partial charge on any atom is -0.486 e. The van der Waals surface area contributed by atoms with Crippen LogP contribution in [0.4, 0.5) is 5.82 Å². The highest BCUT2D eigenvalue weighted by Crippen LogP contribution is 2.42. The van der Waals surface area contributed by atoms with Crippen molar-refractivity contribution in [1.29, 1.82) is 0 Å². The Kier molecular flexibility index (Phi) is 7.44. The van der Waals surface area contributed by atoms with Crippen LogP contribution in [0.25, 0.3) is 22.9 Å². The van der Waals surface area contributed by atoms with Crippen LogP contribution in [0, 0.1) is 0 Å². The minimum absolute atomic E-state index is 0.211. The van der Waals surface area contributed by atoms with Crippen LogP contribution in [0.5, 0.6) is 5.75 Å². The number of hydrogen-bond acceptors (Lipinski definition) is 6. The third-order valence-corrected chi connectivity index (χ3v) is 6.87. The summed E-state index contributed by atoms with van der Waals surface area (Å²) >= 11 is 6.50. The zero-order valence-electron chi connectivity index (χ0n) is 20.5. The number of nitrogen functional groups attached to an aromatic ring is 1. The fourth-order valence-electron chi connectivity index (χ4n) is 4.59. The van der Waals surface area contributed by atoms with Gasteiger partial charge in [0, 0.05) is 43.0 Å². The Morgan fingerprint density at radius 2 is 2.05 bits per heavy atom. The highest BCUT2D eigenvalue weighted by atomic mass is 35.5. The summed E-state index contributed by atoms with van der Waals surface area (Å²) in [5, 5.41) is 3.48. The van der Waals surface area contributed by atoms with Gasteiger partial charge in [0.1, 0.15) is 17.7 Å². The van der Waals surface area contributed by atoms with E-state index in [1.807, 2.05) is 18.2 Å². The van der Waals surface area contributed by atoms with Gasteiger partial charge in [-0.15, -0.1) is 0 Å². The Balaban J connectivity index is 1.27. The zero-order valence-corrected chi connectivity index (χ0v) is 21.2. The van der Waals surface area contributed by atoms with E-state index in [-0.39, 0.29) is 12.0 Å². The summed E-state index contributed by atoms with van der Waals surface area (Å²) in [6.45, 7) is 7.80. The van der Waals surface area contributed by atoms with Crippen molar-refractivity contribution in [3.8, 4) is 16.9 Å². The van der Waals surface area contributed by atoms with Crippen molar-refractivity contribution in [2.45, 2.75) is 12.5 Å². The van der Waals surface area contributed by atoms with E-state index in [0.717, 1.165) is 46.6 Å². The number of aromatic nitrogens is 1. The van der Waals surface area contributed by atoms with Gasteiger partial charge in [-0.3, -0.25) is 4.79 Å². The molecule has 2 aliphatic heterocycles. The second-order valence-corrected chi connectivity index (χ2v) is 9.48. The number of morpholine rings is 1. The van der Waals surface area contributed by atoms with E-state index in [1.165, 1.54) is 6.08 Å². The number of carbonyl (C=O) groups is 1. The number of carbonyl (C=O) groups excluding carboxylic acids is 1. The second kappa shape index (κ2) is 11.1. The Bertz CT molecular complexity index is 1330. The maximum atomic E-state index is 12.4. The van der Waals surface area contributed by atoms with E-state index in [0.29, 0.717) is 42.8 Å². The molecule has 0 aliphatic carbocycles. The van der Waals surface area contributed by atoms with Crippen molar-refractivity contribution in [3.05, 3.63) is 89.1 Å². The van der Waals surface area contributed by atoms with E-state index in [9.17, 15) is 4.79 Å². The number of benzene rings is 2. The minimum atomic E-state index is -0.212. The maximum absolute atomic E-state index is 12.4. The Hall–Kier alpha value is -3.81. The third-order valence-electron chi connectivity index (χ3n) is 6.57. The monoisotopic (exact) mass is 516 g/mol. The van der Waals surface area contributed by atoms with Gasteiger partial charge in [0.2, 0.25) is 5.91 Å². The lowest BCUT2D eigenvalue weighted by Crippen LogP contribution is -2.34. The van der Waals surface area contributed by atoms with Crippen molar-refractivity contribution < 1.29 is 14.3 Å². The van der Waals surface area contributed by atoms with Crippen LogP contribution in [0.2, 0.25) is 5.02 Å². The molecule has 3 N–H and O–H groups in total. The second-order valence-electron chi connectivity index (χ2n) is 9.07. The molecule has 2 aliphatic rings. The van der Waals surface area contributed by atoms with Crippen LogP contribution in [0.3, 0.4) is 0 Å². The molecule has 1 unspecified atom stereocenters. The van der Waals surface area contributed by atoms with Crippen LogP contribution >= 0.6 is 11.6 Å². The quantitative estimate of drug-likeness (QED) is 0.452. The summed E-state index contributed by atoms with van der Waals surface area (Å²) in [4.78, 5) is 18.6. The molecule has 0 saturated carbocycles. The summed E-state index contributed by atoms with van der Waals surface area (Å²) in [5.41, 5.74) is 11.7. The molecule has 2 aromatic carbocycles. The van der Waals surface area contributed by atoms with Gasteiger partial charge in [0.05, 0.1) is 24.8 Å². The van der Waals surface area contributed by atoms with E-state index in [1.54, 1.807) is 24.4 Å². The number of fused-ring (bicyclic) bond motifs is 1. The predicted molar refractivity (Wildman–Crippen MR) is 147 cm³/mol. The first kappa shape index (κ1) is 24.9. The molecule has 3 heterocycles. The van der Waals surface area contributed by atoms with Crippen molar-refractivity contribution >= 4 is 35.1 Å². The van der Waals surface area contributed by atoms with Gasteiger partial charge in [-0.1, -0.05) is 42.4 Å². The lowest BCUT2D eigenvalue weighted by atomic mass is 9.95. The number of nitrogens with zero attached hydrogens (tertiary/aromatic N) is 2. The highest BCUT2D eigenvalue weighted by molar-refractivity contribution is 6.32. The van der Waals surface area contributed by atoms with Gasteiger partial charge < -0.3 is 25.4 Å². The summed E-state index contributed by atoms with van der Waals surface area (Å²) in [7, 11) is 0. The molecule has 1 aromatic heterocycles. The van der Waals surface area contributed by atoms with Crippen LogP contribution in [-0.4, -0.2) is 54.7 Å². The molecule has 1 fully saturated rings. The van der Waals surface area contributed by atoms with Crippen LogP contribution in [-0.2, 0) is 16.0 Å². The molecule has 5 rings (SSSR count). The number of nitrogens with one attached hydrogen (secondary N) is 1. The number of pyridine rings is 1. The number of nitrogens with two attached hydrogens (primary N) is 1. The first-order valence-electron chi connectivity index (χ1n) is 12.3.